The molecule has 0 saturated heterocycles. The van der Waals surface area contributed by atoms with Gasteiger partial charge >= 0.3 is 6.36 Å². The van der Waals surface area contributed by atoms with Gasteiger partial charge < -0.3 is 4.74 Å². The highest BCUT2D eigenvalue weighted by Crippen LogP contribution is 2.22. The van der Waals surface area contributed by atoms with Crippen LogP contribution in [0.4, 0.5) is 13.2 Å². The number of halogens is 3. The van der Waals surface area contributed by atoms with Crippen molar-refractivity contribution in [2.45, 2.75) is 45.4 Å². The smallest absolute Gasteiger partial charge is 0.406 e. The highest BCUT2D eigenvalue weighted by molar-refractivity contribution is 5.80. The summed E-state index contributed by atoms with van der Waals surface area (Å²) in [6.07, 6.45) is -0.965. The Hall–Kier alpha value is -1.52. The molecule has 1 rings (SSSR count). The first-order valence-electron chi connectivity index (χ1n) is 6.27. The molecule has 0 unspecified atom stereocenters. The summed E-state index contributed by atoms with van der Waals surface area (Å²) in [5.74, 6) is -0.160. The zero-order valence-corrected chi connectivity index (χ0v) is 10.8. The third-order valence-electron chi connectivity index (χ3n) is 2.62. The first-order chi connectivity index (χ1) is 8.90. The fraction of sp³-hybridized carbons (Fsp3) is 0.500. The molecule has 0 N–H and O–H groups in total. The van der Waals surface area contributed by atoms with Crippen molar-refractivity contribution in [3.8, 4) is 5.75 Å². The lowest BCUT2D eigenvalue weighted by Crippen LogP contribution is -2.17. The van der Waals surface area contributed by atoms with E-state index in [1.165, 1.54) is 24.3 Å². The Balaban J connectivity index is 2.46. The first-order valence-corrected chi connectivity index (χ1v) is 6.27. The van der Waals surface area contributed by atoms with Crippen LogP contribution in [0.2, 0.25) is 0 Å². The van der Waals surface area contributed by atoms with E-state index < -0.39 is 6.36 Å². The number of benzene rings is 1. The van der Waals surface area contributed by atoms with E-state index in [1.54, 1.807) is 0 Å². The quantitative estimate of drug-likeness (QED) is 0.694. The van der Waals surface area contributed by atoms with Crippen LogP contribution in [-0.4, -0.2) is 12.1 Å². The second-order valence-corrected chi connectivity index (χ2v) is 4.36. The van der Waals surface area contributed by atoms with Crippen molar-refractivity contribution < 1.29 is 22.7 Å². The molecule has 0 heterocycles. The molecule has 0 atom stereocenters. The van der Waals surface area contributed by atoms with E-state index in [-0.39, 0.29) is 18.0 Å². The Morgan fingerprint density at radius 3 is 2.32 bits per heavy atom. The van der Waals surface area contributed by atoms with Gasteiger partial charge in [0.2, 0.25) is 0 Å². The largest absolute Gasteiger partial charge is 0.573 e. The number of rotatable bonds is 7. The van der Waals surface area contributed by atoms with Crippen LogP contribution in [0.1, 0.15) is 38.2 Å². The van der Waals surface area contributed by atoms with Crippen LogP contribution in [0.15, 0.2) is 24.3 Å². The Morgan fingerprint density at radius 2 is 1.79 bits per heavy atom. The third kappa shape index (κ3) is 6.84. The van der Waals surface area contributed by atoms with Gasteiger partial charge in [-0.2, -0.15) is 0 Å². The Kier molecular flexibility index (Phi) is 5.86. The van der Waals surface area contributed by atoms with E-state index >= 15 is 0 Å². The molecule has 0 aliphatic rings. The Morgan fingerprint density at radius 1 is 1.16 bits per heavy atom. The van der Waals surface area contributed by atoms with Gasteiger partial charge in [0.1, 0.15) is 11.5 Å². The second kappa shape index (κ2) is 7.16. The molecule has 1 aromatic rings. The van der Waals surface area contributed by atoms with Crippen molar-refractivity contribution in [2.75, 3.05) is 0 Å². The number of hydrogen-bond donors (Lipinski definition) is 0. The van der Waals surface area contributed by atoms with Crippen molar-refractivity contribution >= 4 is 5.78 Å². The van der Waals surface area contributed by atoms with E-state index in [1.807, 2.05) is 0 Å². The zero-order chi connectivity index (χ0) is 14.3. The van der Waals surface area contributed by atoms with E-state index in [0.717, 1.165) is 19.3 Å². The van der Waals surface area contributed by atoms with Crippen molar-refractivity contribution in [3.63, 3.8) is 0 Å². The van der Waals surface area contributed by atoms with Crippen LogP contribution in [0.5, 0.6) is 5.75 Å². The molecule has 1 aromatic carbocycles. The maximum absolute atomic E-state index is 11.9. The Bertz CT molecular complexity index is 396. The molecule has 5 heteroatoms. The predicted molar refractivity (Wildman–Crippen MR) is 66.0 cm³/mol. The minimum Gasteiger partial charge on any atom is -0.406 e. The first kappa shape index (κ1) is 15.5. The summed E-state index contributed by atoms with van der Waals surface area (Å²) in [5, 5.41) is 0. The minimum absolute atomic E-state index is 0.109. The Labute approximate surface area is 110 Å². The molecule has 0 fully saturated rings. The van der Waals surface area contributed by atoms with Crippen LogP contribution in [0.25, 0.3) is 0 Å². The van der Waals surface area contributed by atoms with Gasteiger partial charge in [-0.1, -0.05) is 31.9 Å². The molecule has 106 valence electrons. The standard InChI is InChI=1S/C14H17F3O2/c1-2-3-4-5-12(18)10-11-6-8-13(9-7-11)19-14(15,16)17/h6-9H,2-5,10H2,1H3. The molecule has 0 amide bonds. The van der Waals surface area contributed by atoms with Crippen LogP contribution in [0, 0.1) is 0 Å². The molecule has 0 aliphatic carbocycles. The van der Waals surface area contributed by atoms with Crippen LogP contribution >= 0.6 is 0 Å². The molecule has 0 saturated carbocycles. The molecule has 0 bridgehead atoms. The molecule has 2 nitrogen and oxygen atoms in total. The SMILES string of the molecule is CCCCCC(=O)Cc1ccc(OC(F)(F)F)cc1. The van der Waals surface area contributed by atoms with Crippen molar-refractivity contribution in [1.82, 2.24) is 0 Å². The average Bonchev–Trinajstić information content (AvgIpc) is 2.30. The summed E-state index contributed by atoms with van der Waals surface area (Å²) in [7, 11) is 0. The minimum atomic E-state index is -4.68. The number of ketones is 1. The number of hydrogen-bond acceptors (Lipinski definition) is 2. The summed E-state index contributed by atoms with van der Waals surface area (Å²) < 4.78 is 39.6. The second-order valence-electron chi connectivity index (χ2n) is 4.36. The molecule has 0 aliphatic heterocycles. The summed E-state index contributed by atoms with van der Waals surface area (Å²) in [6.45, 7) is 2.06. The van der Waals surface area contributed by atoms with Crippen molar-refractivity contribution in [1.29, 1.82) is 0 Å². The maximum atomic E-state index is 11.9. The maximum Gasteiger partial charge on any atom is 0.573 e. The predicted octanol–water partition coefficient (Wildman–Crippen LogP) is 4.28. The van der Waals surface area contributed by atoms with Gasteiger partial charge in [-0.05, 0) is 24.1 Å². The number of carbonyl (C=O) groups excluding carboxylic acids is 1. The number of carbonyl (C=O) groups is 1. The van der Waals surface area contributed by atoms with Gasteiger partial charge in [-0.15, -0.1) is 13.2 Å². The third-order valence-corrected chi connectivity index (χ3v) is 2.62. The topological polar surface area (TPSA) is 26.3 Å². The summed E-state index contributed by atoms with van der Waals surface area (Å²) in [6, 6.07) is 5.42. The van der Waals surface area contributed by atoms with E-state index in [9.17, 15) is 18.0 Å². The van der Waals surface area contributed by atoms with Gasteiger partial charge in [0.15, 0.2) is 0 Å². The van der Waals surface area contributed by atoms with Crippen LogP contribution in [-0.2, 0) is 11.2 Å². The van der Waals surface area contributed by atoms with Crippen LogP contribution in [0.3, 0.4) is 0 Å². The van der Waals surface area contributed by atoms with Gasteiger partial charge in [-0.25, -0.2) is 0 Å². The molecular weight excluding hydrogens is 257 g/mol. The van der Waals surface area contributed by atoms with E-state index in [4.69, 9.17) is 0 Å². The summed E-state index contributed by atoms with van der Waals surface area (Å²) >= 11 is 0. The average molecular weight is 274 g/mol. The summed E-state index contributed by atoms with van der Waals surface area (Å²) in [4.78, 5) is 11.6. The van der Waals surface area contributed by atoms with Crippen LogP contribution < -0.4 is 4.74 Å². The van der Waals surface area contributed by atoms with E-state index in [2.05, 4.69) is 11.7 Å². The highest BCUT2D eigenvalue weighted by Gasteiger charge is 2.30. The number of ether oxygens (including phenoxy) is 1. The van der Waals surface area contributed by atoms with Crippen molar-refractivity contribution in [3.05, 3.63) is 29.8 Å². The monoisotopic (exact) mass is 274 g/mol. The fourth-order valence-corrected chi connectivity index (χ4v) is 1.70. The normalized spacial score (nSPS) is 11.4. The van der Waals surface area contributed by atoms with Gasteiger partial charge in [0, 0.05) is 12.8 Å². The number of unbranched alkanes of at least 4 members (excludes halogenated alkanes) is 2. The molecule has 0 spiro atoms. The molecular formula is C14H17F3O2. The van der Waals surface area contributed by atoms with Gasteiger partial charge in [0.05, 0.1) is 0 Å². The number of Topliss-reactive ketones (excluding diaryl/α,β-unsaturated/α-hetero) is 1. The fourth-order valence-electron chi connectivity index (χ4n) is 1.70. The highest BCUT2D eigenvalue weighted by atomic mass is 19.4. The zero-order valence-electron chi connectivity index (χ0n) is 10.8. The lowest BCUT2D eigenvalue weighted by Gasteiger charge is -2.09. The van der Waals surface area contributed by atoms with Crippen molar-refractivity contribution in [2.24, 2.45) is 0 Å². The summed E-state index contributed by atoms with van der Waals surface area (Å²) in [5.41, 5.74) is 0.705. The van der Waals surface area contributed by atoms with Gasteiger partial charge in [-0.3, -0.25) is 4.79 Å². The molecule has 0 radical (unpaired) electrons. The molecule has 0 aromatic heterocycles. The van der Waals surface area contributed by atoms with E-state index in [0.29, 0.717) is 12.0 Å². The van der Waals surface area contributed by atoms with Gasteiger partial charge in [0.25, 0.3) is 0 Å². The molecule has 19 heavy (non-hydrogen) atoms. The lowest BCUT2D eigenvalue weighted by molar-refractivity contribution is -0.274. The lowest BCUT2D eigenvalue weighted by atomic mass is 10.0. The number of alkyl halides is 3.